The lowest BCUT2D eigenvalue weighted by atomic mass is 10.1. The minimum Gasteiger partial charge on any atom is -0.368 e. The second kappa shape index (κ2) is 7.17. The first-order valence-corrected chi connectivity index (χ1v) is 7.27. The van der Waals surface area contributed by atoms with Crippen LogP contribution in [0.1, 0.15) is 19.0 Å². The first kappa shape index (κ1) is 16.2. The number of hydrogen-bond acceptors (Lipinski definition) is 3. The number of nitrogens with zero attached hydrogens (tertiary/aromatic N) is 2. The zero-order valence-corrected chi connectivity index (χ0v) is 12.8. The van der Waals surface area contributed by atoms with Crippen LogP contribution in [0.25, 0.3) is 11.3 Å². The topological polar surface area (TPSA) is 75.0 Å². The van der Waals surface area contributed by atoms with E-state index in [0.29, 0.717) is 0 Å². The molecule has 0 radical (unpaired) electrons. The predicted octanol–water partition coefficient (Wildman–Crippen LogP) is 1.95. The van der Waals surface area contributed by atoms with Crippen molar-refractivity contribution in [2.24, 2.45) is 5.73 Å². The third kappa shape index (κ3) is 4.14. The van der Waals surface area contributed by atoms with Gasteiger partial charge >= 0.3 is 0 Å². The highest BCUT2D eigenvalue weighted by atomic mass is 19.1. The number of hydrogen-bond donors (Lipinski definition) is 2. The lowest BCUT2D eigenvalue weighted by Gasteiger charge is -2.21. The molecule has 0 aliphatic rings. The van der Waals surface area contributed by atoms with Crippen molar-refractivity contribution in [2.75, 3.05) is 13.6 Å². The Morgan fingerprint density at radius 2 is 2.09 bits per heavy atom. The molecule has 1 aromatic heterocycles. The zero-order valence-electron chi connectivity index (χ0n) is 12.8. The van der Waals surface area contributed by atoms with Crippen molar-refractivity contribution < 1.29 is 9.18 Å². The zero-order chi connectivity index (χ0) is 16.1. The summed E-state index contributed by atoms with van der Waals surface area (Å²) >= 11 is 0. The van der Waals surface area contributed by atoms with Gasteiger partial charge in [0.15, 0.2) is 0 Å². The Morgan fingerprint density at radius 1 is 1.41 bits per heavy atom. The summed E-state index contributed by atoms with van der Waals surface area (Å²) < 4.78 is 12.9. The molecule has 1 amide bonds. The first-order chi connectivity index (χ1) is 10.5. The molecule has 0 aliphatic carbocycles. The van der Waals surface area contributed by atoms with Crippen molar-refractivity contribution in [3.63, 3.8) is 0 Å². The Balaban J connectivity index is 1.87. The molecule has 0 spiro atoms. The number of halogens is 1. The SMILES string of the molecule is C[C@@H](C(N)=O)N(C)CCCc1cc(-c2ccc(F)cc2)n[nH]1. The van der Waals surface area contributed by atoms with Crippen molar-refractivity contribution in [1.29, 1.82) is 0 Å². The van der Waals surface area contributed by atoms with Crippen molar-refractivity contribution >= 4 is 5.91 Å². The van der Waals surface area contributed by atoms with Gasteiger partial charge in [-0.15, -0.1) is 0 Å². The normalized spacial score (nSPS) is 12.5. The van der Waals surface area contributed by atoms with E-state index < -0.39 is 0 Å². The van der Waals surface area contributed by atoms with Gasteiger partial charge in [0.2, 0.25) is 5.91 Å². The van der Waals surface area contributed by atoms with E-state index in [0.717, 1.165) is 36.3 Å². The number of aryl methyl sites for hydroxylation is 1. The molecule has 2 aromatic rings. The van der Waals surface area contributed by atoms with Gasteiger partial charge in [0.05, 0.1) is 11.7 Å². The van der Waals surface area contributed by atoms with Gasteiger partial charge in [-0.25, -0.2) is 4.39 Å². The summed E-state index contributed by atoms with van der Waals surface area (Å²) in [6, 6.07) is 7.95. The van der Waals surface area contributed by atoms with E-state index in [9.17, 15) is 9.18 Å². The molecular formula is C16H21FN4O. The van der Waals surface area contributed by atoms with Crippen LogP contribution in [0.3, 0.4) is 0 Å². The van der Waals surface area contributed by atoms with Gasteiger partial charge < -0.3 is 5.73 Å². The van der Waals surface area contributed by atoms with Crippen LogP contribution >= 0.6 is 0 Å². The molecule has 22 heavy (non-hydrogen) atoms. The molecule has 0 saturated heterocycles. The molecule has 3 N–H and O–H groups in total. The Labute approximate surface area is 129 Å². The van der Waals surface area contributed by atoms with Crippen LogP contribution in [-0.2, 0) is 11.2 Å². The van der Waals surface area contributed by atoms with E-state index in [1.54, 1.807) is 19.1 Å². The van der Waals surface area contributed by atoms with Crippen molar-refractivity contribution in [3.8, 4) is 11.3 Å². The van der Waals surface area contributed by atoms with Gasteiger partial charge in [0, 0.05) is 11.3 Å². The van der Waals surface area contributed by atoms with E-state index in [1.807, 2.05) is 18.0 Å². The van der Waals surface area contributed by atoms with Gasteiger partial charge in [0.25, 0.3) is 0 Å². The van der Waals surface area contributed by atoms with Gasteiger partial charge in [-0.05, 0) is 63.7 Å². The average molecular weight is 304 g/mol. The molecule has 0 aliphatic heterocycles. The smallest absolute Gasteiger partial charge is 0.234 e. The van der Waals surface area contributed by atoms with Crippen LogP contribution in [0.5, 0.6) is 0 Å². The Bertz CT molecular complexity index is 623. The standard InChI is InChI=1S/C16H21FN4O/c1-11(16(18)22)21(2)9-3-4-14-10-15(20-19-14)12-5-7-13(17)8-6-12/h5-8,10-11H,3-4,9H2,1-2H3,(H2,18,22)(H,19,20)/t11-/m0/s1. The maximum atomic E-state index is 12.9. The van der Waals surface area contributed by atoms with Gasteiger partial charge in [0.1, 0.15) is 5.82 Å². The molecule has 2 rings (SSSR count). The fourth-order valence-electron chi connectivity index (χ4n) is 2.19. The molecule has 5 nitrogen and oxygen atoms in total. The molecular weight excluding hydrogens is 283 g/mol. The summed E-state index contributed by atoms with van der Waals surface area (Å²) in [5, 5.41) is 7.23. The minimum atomic E-state index is -0.317. The number of carbonyl (C=O) groups is 1. The molecule has 1 atom stereocenters. The van der Waals surface area contributed by atoms with Gasteiger partial charge in [-0.3, -0.25) is 14.8 Å². The second-order valence-corrected chi connectivity index (χ2v) is 5.45. The number of aromatic nitrogens is 2. The van der Waals surface area contributed by atoms with Gasteiger partial charge in [-0.1, -0.05) is 0 Å². The maximum absolute atomic E-state index is 12.9. The second-order valence-electron chi connectivity index (χ2n) is 5.45. The number of nitrogens with two attached hydrogens (primary N) is 1. The summed E-state index contributed by atoms with van der Waals surface area (Å²) in [4.78, 5) is 13.0. The molecule has 1 heterocycles. The molecule has 0 fully saturated rings. The third-order valence-corrected chi connectivity index (χ3v) is 3.80. The Morgan fingerprint density at radius 3 is 2.73 bits per heavy atom. The fourth-order valence-corrected chi connectivity index (χ4v) is 2.19. The largest absolute Gasteiger partial charge is 0.368 e. The number of H-pyrrole nitrogens is 1. The first-order valence-electron chi connectivity index (χ1n) is 7.27. The highest BCUT2D eigenvalue weighted by Crippen LogP contribution is 2.18. The number of rotatable bonds is 7. The van der Waals surface area contributed by atoms with Crippen molar-refractivity contribution in [1.82, 2.24) is 15.1 Å². The number of likely N-dealkylation sites (N-methyl/N-ethyl adjacent to an activating group) is 1. The summed E-state index contributed by atoms with van der Waals surface area (Å²) in [6.07, 6.45) is 1.71. The van der Waals surface area contributed by atoms with E-state index in [2.05, 4.69) is 10.2 Å². The van der Waals surface area contributed by atoms with E-state index in [-0.39, 0.29) is 17.8 Å². The van der Waals surface area contributed by atoms with Crippen LogP contribution in [0, 0.1) is 5.82 Å². The number of carbonyl (C=O) groups excluding carboxylic acids is 1. The van der Waals surface area contributed by atoms with Crippen LogP contribution < -0.4 is 5.73 Å². The quantitative estimate of drug-likeness (QED) is 0.821. The van der Waals surface area contributed by atoms with Crippen LogP contribution in [0.15, 0.2) is 30.3 Å². The molecule has 0 unspecified atom stereocenters. The summed E-state index contributed by atoms with van der Waals surface area (Å²) in [7, 11) is 1.88. The molecule has 118 valence electrons. The minimum absolute atomic E-state index is 0.258. The molecule has 1 aromatic carbocycles. The van der Waals surface area contributed by atoms with Crippen molar-refractivity contribution in [2.45, 2.75) is 25.8 Å². The highest BCUT2D eigenvalue weighted by Gasteiger charge is 2.14. The average Bonchev–Trinajstić information content (AvgIpc) is 2.95. The molecule has 0 bridgehead atoms. The fraction of sp³-hybridized carbons (Fsp3) is 0.375. The molecule has 6 heteroatoms. The lowest BCUT2D eigenvalue weighted by Crippen LogP contribution is -2.40. The summed E-state index contributed by atoms with van der Waals surface area (Å²) in [5.41, 5.74) is 7.97. The van der Waals surface area contributed by atoms with E-state index in [1.165, 1.54) is 12.1 Å². The lowest BCUT2D eigenvalue weighted by molar-refractivity contribution is -0.122. The number of amides is 1. The highest BCUT2D eigenvalue weighted by molar-refractivity contribution is 5.79. The van der Waals surface area contributed by atoms with Crippen LogP contribution in [0.2, 0.25) is 0 Å². The van der Waals surface area contributed by atoms with E-state index in [4.69, 9.17) is 5.73 Å². The van der Waals surface area contributed by atoms with Crippen LogP contribution in [0.4, 0.5) is 4.39 Å². The Hall–Kier alpha value is -2.21. The summed E-state index contributed by atoms with van der Waals surface area (Å²) in [6.45, 7) is 2.57. The number of benzene rings is 1. The van der Waals surface area contributed by atoms with E-state index >= 15 is 0 Å². The predicted molar refractivity (Wildman–Crippen MR) is 83.6 cm³/mol. The van der Waals surface area contributed by atoms with Crippen molar-refractivity contribution in [3.05, 3.63) is 41.8 Å². The maximum Gasteiger partial charge on any atom is 0.234 e. The Kier molecular flexibility index (Phi) is 5.27. The van der Waals surface area contributed by atoms with Gasteiger partial charge in [-0.2, -0.15) is 5.10 Å². The van der Waals surface area contributed by atoms with Crippen LogP contribution in [-0.4, -0.2) is 40.6 Å². The number of nitrogens with one attached hydrogen (secondary N) is 1. The summed E-state index contributed by atoms with van der Waals surface area (Å²) in [5.74, 6) is -0.575. The molecule has 0 saturated carbocycles. The third-order valence-electron chi connectivity index (χ3n) is 3.80. The number of aromatic amines is 1. The number of primary amides is 1. The monoisotopic (exact) mass is 304 g/mol.